The monoisotopic (exact) mass is 286 g/mol. The minimum absolute atomic E-state index is 0.491. The quantitative estimate of drug-likeness (QED) is 0.905. The normalized spacial score (nSPS) is 22.7. The molecule has 0 spiro atoms. The van der Waals surface area contributed by atoms with Crippen LogP contribution in [0.15, 0.2) is 42.6 Å². The highest BCUT2D eigenvalue weighted by Gasteiger charge is 2.27. The van der Waals surface area contributed by atoms with Crippen molar-refractivity contribution in [1.29, 1.82) is 0 Å². The van der Waals surface area contributed by atoms with Crippen molar-refractivity contribution in [2.24, 2.45) is 0 Å². The molecule has 2 nitrogen and oxygen atoms in total. The largest absolute Gasteiger partial charge is 0.316 e. The van der Waals surface area contributed by atoms with Gasteiger partial charge < -0.3 is 5.32 Å². The van der Waals surface area contributed by atoms with E-state index in [1.807, 2.05) is 25.3 Å². The molecule has 0 amide bonds. The number of aromatic nitrogens is 1. The fourth-order valence-electron chi connectivity index (χ4n) is 3.02. The molecule has 0 saturated carbocycles. The van der Waals surface area contributed by atoms with Gasteiger partial charge in [0.25, 0.3) is 0 Å². The van der Waals surface area contributed by atoms with Gasteiger partial charge >= 0.3 is 0 Å². The Morgan fingerprint density at radius 2 is 1.80 bits per heavy atom. The molecule has 2 aromatic rings. The molecule has 104 valence electrons. The Labute approximate surface area is 125 Å². The first-order valence-electron chi connectivity index (χ1n) is 7.13. The van der Waals surface area contributed by atoms with Crippen molar-refractivity contribution in [2.45, 2.75) is 25.2 Å². The molecule has 2 atom stereocenters. The second kappa shape index (κ2) is 5.94. The SMILES string of the molecule is Cc1ccc(C2CCNCC2c2ccc(Cl)cc2)cn1. The molecule has 3 rings (SSSR count). The molecule has 1 aliphatic rings. The maximum absolute atomic E-state index is 6.00. The van der Waals surface area contributed by atoms with Crippen LogP contribution in [-0.4, -0.2) is 18.1 Å². The third-order valence-corrected chi connectivity index (χ3v) is 4.39. The van der Waals surface area contributed by atoms with Crippen LogP contribution in [0.1, 0.15) is 35.1 Å². The van der Waals surface area contributed by atoms with Crippen LogP contribution in [0.4, 0.5) is 0 Å². The van der Waals surface area contributed by atoms with Crippen LogP contribution in [0, 0.1) is 6.92 Å². The first-order chi connectivity index (χ1) is 9.74. The highest BCUT2D eigenvalue weighted by molar-refractivity contribution is 6.30. The summed E-state index contributed by atoms with van der Waals surface area (Å²) in [5.74, 6) is 1.02. The lowest BCUT2D eigenvalue weighted by Crippen LogP contribution is -2.34. The van der Waals surface area contributed by atoms with Gasteiger partial charge in [-0.05, 0) is 55.1 Å². The number of nitrogens with zero attached hydrogens (tertiary/aromatic N) is 1. The van der Waals surface area contributed by atoms with Crippen molar-refractivity contribution in [3.8, 4) is 0 Å². The summed E-state index contributed by atoms with van der Waals surface area (Å²) in [5, 5.41) is 4.30. The van der Waals surface area contributed by atoms with E-state index in [4.69, 9.17) is 11.6 Å². The zero-order valence-corrected chi connectivity index (χ0v) is 12.4. The van der Waals surface area contributed by atoms with E-state index in [1.165, 1.54) is 11.1 Å². The standard InChI is InChI=1S/C17H19ClN2/c1-12-2-3-14(10-20-12)16-8-9-19-11-17(16)13-4-6-15(18)7-5-13/h2-7,10,16-17,19H,8-9,11H2,1H3. The molecule has 1 N–H and O–H groups in total. The van der Waals surface area contributed by atoms with E-state index in [0.717, 1.165) is 30.2 Å². The average molecular weight is 287 g/mol. The van der Waals surface area contributed by atoms with Crippen molar-refractivity contribution >= 4 is 11.6 Å². The number of nitrogens with one attached hydrogen (secondary N) is 1. The van der Waals surface area contributed by atoms with Crippen LogP contribution in [0.25, 0.3) is 0 Å². The molecule has 1 aromatic carbocycles. The number of hydrogen-bond donors (Lipinski definition) is 1. The fourth-order valence-corrected chi connectivity index (χ4v) is 3.14. The van der Waals surface area contributed by atoms with Crippen LogP contribution in [-0.2, 0) is 0 Å². The van der Waals surface area contributed by atoms with Crippen LogP contribution in [0.2, 0.25) is 5.02 Å². The number of hydrogen-bond acceptors (Lipinski definition) is 2. The van der Waals surface area contributed by atoms with E-state index in [2.05, 4.69) is 34.6 Å². The third kappa shape index (κ3) is 2.87. The van der Waals surface area contributed by atoms with Gasteiger partial charge in [-0.3, -0.25) is 4.98 Å². The summed E-state index contributed by atoms with van der Waals surface area (Å²) in [7, 11) is 0. The summed E-state index contributed by atoms with van der Waals surface area (Å²) in [4.78, 5) is 4.46. The number of piperidine rings is 1. The lowest BCUT2D eigenvalue weighted by Gasteiger charge is -2.33. The van der Waals surface area contributed by atoms with Crippen molar-refractivity contribution in [2.75, 3.05) is 13.1 Å². The number of aryl methyl sites for hydroxylation is 1. The molecule has 20 heavy (non-hydrogen) atoms. The fraction of sp³-hybridized carbons (Fsp3) is 0.353. The van der Waals surface area contributed by atoms with Gasteiger partial charge in [0.05, 0.1) is 0 Å². The Bertz CT molecular complexity index is 509. The Morgan fingerprint density at radius 1 is 1.05 bits per heavy atom. The minimum atomic E-state index is 0.491. The van der Waals surface area contributed by atoms with Gasteiger partial charge in [-0.15, -0.1) is 0 Å². The average Bonchev–Trinajstić information content (AvgIpc) is 2.49. The highest BCUT2D eigenvalue weighted by Crippen LogP contribution is 2.37. The van der Waals surface area contributed by atoms with Crippen molar-refractivity contribution < 1.29 is 0 Å². The summed E-state index contributed by atoms with van der Waals surface area (Å²) in [6, 6.07) is 12.6. The zero-order valence-electron chi connectivity index (χ0n) is 11.6. The third-order valence-electron chi connectivity index (χ3n) is 4.14. The van der Waals surface area contributed by atoms with Gasteiger partial charge in [0, 0.05) is 29.4 Å². The molecule has 0 bridgehead atoms. The van der Waals surface area contributed by atoms with Gasteiger partial charge in [-0.1, -0.05) is 29.8 Å². The summed E-state index contributed by atoms with van der Waals surface area (Å²) in [6.45, 7) is 4.12. The highest BCUT2D eigenvalue weighted by atomic mass is 35.5. The molecule has 2 unspecified atom stereocenters. The number of pyridine rings is 1. The maximum atomic E-state index is 6.00. The number of benzene rings is 1. The van der Waals surface area contributed by atoms with Crippen LogP contribution in [0.3, 0.4) is 0 Å². The van der Waals surface area contributed by atoms with Crippen LogP contribution in [0.5, 0.6) is 0 Å². The Kier molecular flexibility index (Phi) is 4.04. The van der Waals surface area contributed by atoms with Gasteiger partial charge in [0.15, 0.2) is 0 Å². The predicted molar refractivity (Wildman–Crippen MR) is 83.4 cm³/mol. The molecule has 3 heteroatoms. The second-order valence-corrected chi connectivity index (χ2v) is 5.93. The summed E-state index contributed by atoms with van der Waals surface area (Å²) < 4.78 is 0. The Morgan fingerprint density at radius 3 is 2.50 bits per heavy atom. The van der Waals surface area contributed by atoms with Gasteiger partial charge in [0.1, 0.15) is 0 Å². The Hall–Kier alpha value is -1.38. The first kappa shape index (κ1) is 13.6. The minimum Gasteiger partial charge on any atom is -0.316 e. The van der Waals surface area contributed by atoms with Gasteiger partial charge in [-0.25, -0.2) is 0 Å². The molecule has 2 heterocycles. The maximum Gasteiger partial charge on any atom is 0.0406 e. The van der Waals surface area contributed by atoms with Gasteiger partial charge in [-0.2, -0.15) is 0 Å². The summed E-state index contributed by atoms with van der Waals surface area (Å²) >= 11 is 6.00. The van der Waals surface area contributed by atoms with Crippen molar-refractivity contribution in [3.05, 3.63) is 64.4 Å². The molecule has 0 radical (unpaired) electrons. The lowest BCUT2D eigenvalue weighted by molar-refractivity contribution is 0.403. The zero-order chi connectivity index (χ0) is 13.9. The lowest BCUT2D eigenvalue weighted by atomic mass is 9.78. The molecule has 1 aliphatic heterocycles. The second-order valence-electron chi connectivity index (χ2n) is 5.49. The molecular formula is C17H19ClN2. The number of rotatable bonds is 2. The van der Waals surface area contributed by atoms with Crippen molar-refractivity contribution in [1.82, 2.24) is 10.3 Å². The van der Waals surface area contributed by atoms with Crippen LogP contribution >= 0.6 is 11.6 Å². The first-order valence-corrected chi connectivity index (χ1v) is 7.50. The van der Waals surface area contributed by atoms with Crippen molar-refractivity contribution in [3.63, 3.8) is 0 Å². The van der Waals surface area contributed by atoms with Gasteiger partial charge in [0.2, 0.25) is 0 Å². The van der Waals surface area contributed by atoms with E-state index in [-0.39, 0.29) is 0 Å². The molecule has 1 fully saturated rings. The smallest absolute Gasteiger partial charge is 0.0406 e. The Balaban J connectivity index is 1.90. The summed E-state index contributed by atoms with van der Waals surface area (Å²) in [5.41, 5.74) is 3.77. The van der Waals surface area contributed by atoms with E-state index in [1.54, 1.807) is 0 Å². The van der Waals surface area contributed by atoms with E-state index >= 15 is 0 Å². The topological polar surface area (TPSA) is 24.9 Å². The van der Waals surface area contributed by atoms with Crippen LogP contribution < -0.4 is 5.32 Å². The number of halogens is 1. The summed E-state index contributed by atoms with van der Waals surface area (Å²) in [6.07, 6.45) is 3.19. The molecule has 1 aromatic heterocycles. The molecule has 0 aliphatic carbocycles. The van der Waals surface area contributed by atoms with E-state index in [0.29, 0.717) is 11.8 Å². The van der Waals surface area contributed by atoms with E-state index < -0.39 is 0 Å². The molecular weight excluding hydrogens is 268 g/mol. The van der Waals surface area contributed by atoms with E-state index in [9.17, 15) is 0 Å². The predicted octanol–water partition coefficient (Wildman–Crippen LogP) is 3.90. The molecule has 1 saturated heterocycles.